The van der Waals surface area contributed by atoms with Crippen molar-refractivity contribution in [2.45, 2.75) is 17.9 Å². The molecular formula is C32H22ClFN4O3S2. The van der Waals surface area contributed by atoms with Crippen LogP contribution in [0.15, 0.2) is 99.9 Å². The van der Waals surface area contributed by atoms with Crippen molar-refractivity contribution in [3.63, 3.8) is 0 Å². The number of nitrogens with two attached hydrogens (primary N) is 1. The van der Waals surface area contributed by atoms with E-state index < -0.39 is 17.7 Å². The average Bonchev–Trinajstić information content (AvgIpc) is 3.55. The van der Waals surface area contributed by atoms with Crippen molar-refractivity contribution >= 4 is 40.7 Å². The zero-order valence-corrected chi connectivity index (χ0v) is 25.0. The molecule has 1 aliphatic heterocycles. The first-order valence-electron chi connectivity index (χ1n) is 13.0. The third kappa shape index (κ3) is 6.27. The SMILES string of the molecule is CCOC(=O)C1=C(CSc2nc(-c3cccs3)cc(-c3ccc(Cl)cc3)c2C#N)OC(N)=C(C#N)[C@@H]1c1ccc(F)cc1. The van der Waals surface area contributed by atoms with Crippen LogP contribution in [0.3, 0.4) is 0 Å². The lowest BCUT2D eigenvalue weighted by Gasteiger charge is -2.28. The molecule has 0 saturated carbocycles. The van der Waals surface area contributed by atoms with Crippen molar-refractivity contribution < 1.29 is 18.7 Å². The fraction of sp³-hybridized carbons (Fsp3) is 0.125. The van der Waals surface area contributed by atoms with Gasteiger partial charge in [-0.25, -0.2) is 14.2 Å². The molecule has 4 aromatic rings. The lowest BCUT2D eigenvalue weighted by atomic mass is 9.83. The molecular weight excluding hydrogens is 607 g/mol. The van der Waals surface area contributed by atoms with Crippen molar-refractivity contribution in [1.82, 2.24) is 4.98 Å². The van der Waals surface area contributed by atoms with E-state index in [9.17, 15) is 19.7 Å². The summed E-state index contributed by atoms with van der Waals surface area (Å²) in [4.78, 5) is 19.1. The van der Waals surface area contributed by atoms with Crippen molar-refractivity contribution in [2.75, 3.05) is 12.4 Å². The number of benzene rings is 2. The lowest BCUT2D eigenvalue weighted by Crippen LogP contribution is -2.27. The standard InChI is InChI=1S/C32H22ClFN4O3S2/c1-2-40-32(39)29-26(41-30(37)24(16-36)28(29)19-7-11-21(34)12-8-19)17-43-31-23(15-35)22(18-5-9-20(33)10-6-18)14-25(38-31)27-4-3-13-42-27/h3-14,28H,2,17,37H2,1H3/t28-/m0/s1. The van der Waals surface area contributed by atoms with Gasteiger partial charge in [0.2, 0.25) is 5.88 Å². The third-order valence-corrected chi connectivity index (χ3v) is 8.68. The Hall–Kier alpha value is -4.61. The van der Waals surface area contributed by atoms with E-state index in [4.69, 9.17) is 31.8 Å². The first-order chi connectivity index (χ1) is 20.8. The van der Waals surface area contributed by atoms with Gasteiger partial charge in [-0.15, -0.1) is 11.3 Å². The summed E-state index contributed by atoms with van der Waals surface area (Å²) in [7, 11) is 0. The van der Waals surface area contributed by atoms with Gasteiger partial charge in [0.25, 0.3) is 0 Å². The highest BCUT2D eigenvalue weighted by molar-refractivity contribution is 7.99. The fourth-order valence-electron chi connectivity index (χ4n) is 4.62. The Labute approximate surface area is 260 Å². The predicted octanol–water partition coefficient (Wildman–Crippen LogP) is 7.56. The Morgan fingerprint density at radius 2 is 1.91 bits per heavy atom. The number of hydrogen-bond donors (Lipinski definition) is 1. The number of nitrogens with zero attached hydrogens (tertiary/aromatic N) is 3. The molecule has 7 nitrogen and oxygen atoms in total. The van der Waals surface area contributed by atoms with E-state index in [1.807, 2.05) is 41.8 Å². The van der Waals surface area contributed by atoms with Crippen LogP contribution in [0.5, 0.6) is 0 Å². The fourth-order valence-corrected chi connectivity index (χ4v) is 6.38. The summed E-state index contributed by atoms with van der Waals surface area (Å²) in [6.45, 7) is 1.74. The maximum absolute atomic E-state index is 13.8. The van der Waals surface area contributed by atoms with Crippen LogP contribution in [0.4, 0.5) is 4.39 Å². The Morgan fingerprint density at radius 3 is 2.53 bits per heavy atom. The highest BCUT2D eigenvalue weighted by Gasteiger charge is 2.38. The zero-order chi connectivity index (χ0) is 30.5. The summed E-state index contributed by atoms with van der Waals surface area (Å²) < 4.78 is 25.0. The van der Waals surface area contributed by atoms with Gasteiger partial charge in [0.05, 0.1) is 40.0 Å². The monoisotopic (exact) mass is 628 g/mol. The van der Waals surface area contributed by atoms with Gasteiger partial charge in [0.1, 0.15) is 34.3 Å². The molecule has 5 rings (SSSR count). The van der Waals surface area contributed by atoms with Crippen molar-refractivity contribution in [3.8, 4) is 33.8 Å². The lowest BCUT2D eigenvalue weighted by molar-refractivity contribution is -0.139. The minimum atomic E-state index is -0.945. The van der Waals surface area contributed by atoms with Gasteiger partial charge in [-0.3, -0.25) is 0 Å². The molecule has 43 heavy (non-hydrogen) atoms. The second-order valence-corrected chi connectivity index (χ2v) is 11.5. The van der Waals surface area contributed by atoms with Gasteiger partial charge in [0.15, 0.2) is 0 Å². The molecule has 0 unspecified atom stereocenters. The van der Waals surface area contributed by atoms with Gasteiger partial charge in [-0.05, 0) is 59.8 Å². The van der Waals surface area contributed by atoms with Crippen molar-refractivity contribution in [1.29, 1.82) is 10.5 Å². The molecule has 2 N–H and O–H groups in total. The number of carbonyl (C=O) groups is 1. The second kappa shape index (κ2) is 13.1. The number of rotatable bonds is 8. The summed E-state index contributed by atoms with van der Waals surface area (Å²) in [5.74, 6) is -2.12. The number of halogens is 2. The van der Waals surface area contributed by atoms with Gasteiger partial charge in [-0.1, -0.05) is 53.7 Å². The molecule has 0 saturated heterocycles. The van der Waals surface area contributed by atoms with E-state index in [-0.39, 0.29) is 35.1 Å². The average molecular weight is 629 g/mol. The molecule has 2 aromatic heterocycles. The van der Waals surface area contributed by atoms with Crippen LogP contribution in [0.2, 0.25) is 5.02 Å². The number of esters is 1. The quantitative estimate of drug-likeness (QED) is 0.157. The molecule has 3 heterocycles. The number of aromatic nitrogens is 1. The predicted molar refractivity (Wildman–Crippen MR) is 164 cm³/mol. The number of allylic oxidation sites excluding steroid dienone is 1. The third-order valence-electron chi connectivity index (χ3n) is 6.56. The molecule has 2 aromatic carbocycles. The summed E-state index contributed by atoms with van der Waals surface area (Å²) in [6, 6.07) is 22.6. The molecule has 0 bridgehead atoms. The molecule has 11 heteroatoms. The first kappa shape index (κ1) is 29.9. The van der Waals surface area contributed by atoms with Gasteiger partial charge in [-0.2, -0.15) is 10.5 Å². The first-order valence-corrected chi connectivity index (χ1v) is 15.2. The van der Waals surface area contributed by atoms with E-state index in [0.717, 1.165) is 10.4 Å². The molecule has 0 radical (unpaired) electrons. The highest BCUT2D eigenvalue weighted by atomic mass is 35.5. The number of thioether (sulfide) groups is 1. The van der Waals surface area contributed by atoms with Crippen LogP contribution < -0.4 is 5.73 Å². The Kier molecular flexibility index (Phi) is 9.13. The highest BCUT2D eigenvalue weighted by Crippen LogP contribution is 2.42. The maximum atomic E-state index is 13.8. The van der Waals surface area contributed by atoms with Crippen LogP contribution in [-0.2, 0) is 14.3 Å². The maximum Gasteiger partial charge on any atom is 0.338 e. The number of carbonyl (C=O) groups excluding carboxylic acids is 1. The minimum Gasteiger partial charge on any atom is -0.463 e. The molecule has 0 amide bonds. The van der Waals surface area contributed by atoms with E-state index in [1.165, 1.54) is 47.4 Å². The van der Waals surface area contributed by atoms with Crippen LogP contribution >= 0.6 is 34.7 Å². The number of nitriles is 2. The van der Waals surface area contributed by atoms with Crippen molar-refractivity contribution in [3.05, 3.63) is 117 Å². The molecule has 1 atom stereocenters. The van der Waals surface area contributed by atoms with E-state index in [0.29, 0.717) is 32.4 Å². The minimum absolute atomic E-state index is 0.00367. The molecule has 0 aliphatic carbocycles. The summed E-state index contributed by atoms with van der Waals surface area (Å²) >= 11 is 8.82. The molecule has 0 fully saturated rings. The van der Waals surface area contributed by atoms with Gasteiger partial charge in [0, 0.05) is 10.6 Å². The summed E-state index contributed by atoms with van der Waals surface area (Å²) in [5.41, 5.74) is 9.17. The van der Waals surface area contributed by atoms with E-state index >= 15 is 0 Å². The summed E-state index contributed by atoms with van der Waals surface area (Å²) in [6.07, 6.45) is 0. The van der Waals surface area contributed by atoms with Crippen LogP contribution in [0.25, 0.3) is 21.7 Å². The second-order valence-electron chi connectivity index (χ2n) is 9.15. The van der Waals surface area contributed by atoms with Gasteiger partial charge >= 0.3 is 5.97 Å². The molecule has 1 aliphatic rings. The Bertz CT molecular complexity index is 1820. The number of hydrogen-bond acceptors (Lipinski definition) is 9. The normalized spacial score (nSPS) is 14.6. The number of thiophene rings is 1. The molecule has 0 spiro atoms. The topological polar surface area (TPSA) is 122 Å². The van der Waals surface area contributed by atoms with Crippen molar-refractivity contribution in [2.24, 2.45) is 5.73 Å². The van der Waals surface area contributed by atoms with E-state index in [1.54, 1.807) is 19.1 Å². The molecule has 214 valence electrons. The largest absolute Gasteiger partial charge is 0.463 e. The van der Waals surface area contributed by atoms with Crippen LogP contribution in [-0.4, -0.2) is 23.3 Å². The summed E-state index contributed by atoms with van der Waals surface area (Å²) in [5, 5.41) is 23.1. The van der Waals surface area contributed by atoms with Crippen LogP contribution in [0.1, 0.15) is 24.0 Å². The number of pyridine rings is 1. The Balaban J connectivity index is 1.62. The zero-order valence-electron chi connectivity index (χ0n) is 22.6. The Morgan fingerprint density at radius 1 is 1.16 bits per heavy atom. The smallest absolute Gasteiger partial charge is 0.338 e. The van der Waals surface area contributed by atoms with Crippen LogP contribution in [0, 0.1) is 28.5 Å². The van der Waals surface area contributed by atoms with E-state index in [2.05, 4.69) is 6.07 Å². The number of ether oxygens (including phenoxy) is 2. The van der Waals surface area contributed by atoms with Gasteiger partial charge < -0.3 is 15.2 Å².